The van der Waals surface area contributed by atoms with Crippen LogP contribution in [0, 0.1) is 13.8 Å². The highest BCUT2D eigenvalue weighted by atomic mass is 16.5. The lowest BCUT2D eigenvalue weighted by Gasteiger charge is -2.10. The topological polar surface area (TPSA) is 38.3 Å². The molecule has 1 N–H and O–H groups in total. The molecule has 0 radical (unpaired) electrons. The molecule has 0 saturated heterocycles. The number of hydrogen-bond donors (Lipinski definition) is 1. The van der Waals surface area contributed by atoms with Crippen LogP contribution in [0.1, 0.15) is 22.3 Å². The number of amides is 1. The summed E-state index contributed by atoms with van der Waals surface area (Å²) in [7, 11) is 1.63. The predicted octanol–water partition coefficient (Wildman–Crippen LogP) is 3.21. The van der Waals surface area contributed by atoms with Gasteiger partial charge in [-0.15, -0.1) is 0 Å². The Labute approximate surface area is 132 Å². The number of rotatable bonds is 6. The van der Waals surface area contributed by atoms with Crippen LogP contribution in [0.4, 0.5) is 0 Å². The molecule has 116 valence electrons. The van der Waals surface area contributed by atoms with Crippen LogP contribution in [0.3, 0.4) is 0 Å². The Hall–Kier alpha value is -2.29. The van der Waals surface area contributed by atoms with Gasteiger partial charge in [-0.25, -0.2) is 0 Å². The molecule has 0 spiro atoms. The molecule has 3 nitrogen and oxygen atoms in total. The van der Waals surface area contributed by atoms with Gasteiger partial charge in [0.25, 0.3) is 0 Å². The van der Waals surface area contributed by atoms with Crippen LogP contribution in [0.25, 0.3) is 0 Å². The van der Waals surface area contributed by atoms with E-state index in [2.05, 4.69) is 24.4 Å². The van der Waals surface area contributed by atoms with E-state index in [1.807, 2.05) is 37.3 Å². The molecule has 2 rings (SSSR count). The van der Waals surface area contributed by atoms with Gasteiger partial charge >= 0.3 is 0 Å². The van der Waals surface area contributed by atoms with E-state index in [1.165, 1.54) is 11.1 Å². The van der Waals surface area contributed by atoms with Crippen molar-refractivity contribution in [1.29, 1.82) is 0 Å². The Bertz CT molecular complexity index is 650. The predicted molar refractivity (Wildman–Crippen MR) is 89.3 cm³/mol. The van der Waals surface area contributed by atoms with Crippen LogP contribution >= 0.6 is 0 Å². The zero-order valence-electron chi connectivity index (χ0n) is 13.5. The van der Waals surface area contributed by atoms with Crippen LogP contribution in [0.2, 0.25) is 0 Å². The van der Waals surface area contributed by atoms with Gasteiger partial charge in [-0.1, -0.05) is 42.0 Å². The SMILES string of the molecule is COc1ccc(C)cc1CC(=O)NCCc1ccccc1C. The standard InChI is InChI=1S/C19H23NO2/c1-14-8-9-18(22-3)17(12-14)13-19(21)20-11-10-16-7-5-4-6-15(16)2/h4-9,12H,10-11,13H2,1-3H3,(H,20,21). The summed E-state index contributed by atoms with van der Waals surface area (Å²) in [6.07, 6.45) is 1.20. The van der Waals surface area contributed by atoms with Gasteiger partial charge in [0.05, 0.1) is 13.5 Å². The summed E-state index contributed by atoms with van der Waals surface area (Å²) >= 11 is 0. The van der Waals surface area contributed by atoms with Crippen LogP contribution < -0.4 is 10.1 Å². The lowest BCUT2D eigenvalue weighted by atomic mass is 10.1. The smallest absolute Gasteiger partial charge is 0.224 e. The van der Waals surface area contributed by atoms with E-state index in [4.69, 9.17) is 4.74 Å². The Morgan fingerprint density at radius 2 is 1.86 bits per heavy atom. The van der Waals surface area contributed by atoms with Gasteiger partial charge in [0.1, 0.15) is 5.75 Å². The van der Waals surface area contributed by atoms with Gasteiger partial charge in [-0.05, 0) is 37.5 Å². The van der Waals surface area contributed by atoms with Crippen LogP contribution in [0.5, 0.6) is 5.75 Å². The second-order valence-corrected chi connectivity index (χ2v) is 5.52. The maximum absolute atomic E-state index is 12.1. The van der Waals surface area contributed by atoms with Crippen molar-refractivity contribution >= 4 is 5.91 Å². The Balaban J connectivity index is 1.88. The number of carbonyl (C=O) groups excluding carboxylic acids is 1. The average Bonchev–Trinajstić information content (AvgIpc) is 2.49. The summed E-state index contributed by atoms with van der Waals surface area (Å²) in [4.78, 5) is 12.1. The number of hydrogen-bond acceptors (Lipinski definition) is 2. The highest BCUT2D eigenvalue weighted by molar-refractivity contribution is 5.79. The first kappa shape index (κ1) is 16.1. The Morgan fingerprint density at radius 1 is 1.09 bits per heavy atom. The first-order valence-electron chi connectivity index (χ1n) is 7.55. The van der Waals surface area contributed by atoms with Gasteiger partial charge in [0, 0.05) is 12.1 Å². The van der Waals surface area contributed by atoms with Gasteiger partial charge < -0.3 is 10.1 Å². The van der Waals surface area contributed by atoms with Crippen molar-refractivity contribution in [2.24, 2.45) is 0 Å². The quantitative estimate of drug-likeness (QED) is 0.889. The van der Waals surface area contributed by atoms with E-state index in [1.54, 1.807) is 7.11 Å². The zero-order chi connectivity index (χ0) is 15.9. The van der Waals surface area contributed by atoms with Crippen molar-refractivity contribution in [3.63, 3.8) is 0 Å². The second-order valence-electron chi connectivity index (χ2n) is 5.52. The Kier molecular flexibility index (Phi) is 5.59. The van der Waals surface area contributed by atoms with Gasteiger partial charge in [0.15, 0.2) is 0 Å². The molecule has 0 heterocycles. The summed E-state index contributed by atoms with van der Waals surface area (Å²) in [5.41, 5.74) is 4.59. The molecule has 0 aliphatic heterocycles. The third-order valence-corrected chi connectivity index (χ3v) is 3.76. The highest BCUT2D eigenvalue weighted by Gasteiger charge is 2.09. The van der Waals surface area contributed by atoms with Gasteiger partial charge in [-0.3, -0.25) is 4.79 Å². The monoisotopic (exact) mass is 297 g/mol. The maximum atomic E-state index is 12.1. The number of ether oxygens (including phenoxy) is 1. The highest BCUT2D eigenvalue weighted by Crippen LogP contribution is 2.20. The van der Waals surface area contributed by atoms with Crippen LogP contribution in [-0.4, -0.2) is 19.6 Å². The van der Waals surface area contributed by atoms with Crippen LogP contribution in [-0.2, 0) is 17.6 Å². The number of benzene rings is 2. The number of aryl methyl sites for hydroxylation is 2. The molecule has 0 atom stereocenters. The summed E-state index contributed by atoms with van der Waals surface area (Å²) in [5.74, 6) is 0.789. The number of carbonyl (C=O) groups is 1. The molecule has 22 heavy (non-hydrogen) atoms. The second kappa shape index (κ2) is 7.64. The summed E-state index contributed by atoms with van der Waals surface area (Å²) in [6.45, 7) is 4.76. The van der Waals surface area contributed by atoms with Crippen molar-refractivity contribution in [1.82, 2.24) is 5.32 Å². The molecule has 2 aromatic rings. The van der Waals surface area contributed by atoms with E-state index >= 15 is 0 Å². The zero-order valence-corrected chi connectivity index (χ0v) is 13.5. The fourth-order valence-electron chi connectivity index (χ4n) is 2.51. The van der Waals surface area contributed by atoms with Crippen molar-refractivity contribution in [3.8, 4) is 5.75 Å². The van der Waals surface area contributed by atoms with E-state index in [0.717, 1.165) is 23.3 Å². The normalized spacial score (nSPS) is 10.3. The minimum absolute atomic E-state index is 0.0254. The average molecular weight is 297 g/mol. The molecule has 0 aliphatic carbocycles. The minimum Gasteiger partial charge on any atom is -0.496 e. The first-order valence-corrected chi connectivity index (χ1v) is 7.55. The van der Waals surface area contributed by atoms with Gasteiger partial charge in [-0.2, -0.15) is 0 Å². The van der Waals surface area contributed by atoms with Crippen molar-refractivity contribution in [3.05, 3.63) is 64.7 Å². The number of methoxy groups -OCH3 is 1. The van der Waals surface area contributed by atoms with Crippen molar-refractivity contribution < 1.29 is 9.53 Å². The first-order chi connectivity index (χ1) is 10.6. The Morgan fingerprint density at radius 3 is 2.59 bits per heavy atom. The summed E-state index contributed by atoms with van der Waals surface area (Å²) < 4.78 is 5.31. The van der Waals surface area contributed by atoms with E-state index in [9.17, 15) is 4.79 Å². The lowest BCUT2D eigenvalue weighted by molar-refractivity contribution is -0.120. The van der Waals surface area contributed by atoms with E-state index in [0.29, 0.717) is 13.0 Å². The molecule has 0 fully saturated rings. The third-order valence-electron chi connectivity index (χ3n) is 3.76. The van der Waals surface area contributed by atoms with Crippen molar-refractivity contribution in [2.45, 2.75) is 26.7 Å². The summed E-state index contributed by atoms with van der Waals surface area (Å²) in [6, 6.07) is 14.1. The number of nitrogens with one attached hydrogen (secondary N) is 1. The van der Waals surface area contributed by atoms with Crippen molar-refractivity contribution in [2.75, 3.05) is 13.7 Å². The molecule has 0 bridgehead atoms. The maximum Gasteiger partial charge on any atom is 0.224 e. The molecule has 0 saturated carbocycles. The largest absolute Gasteiger partial charge is 0.496 e. The lowest BCUT2D eigenvalue weighted by Crippen LogP contribution is -2.27. The molecule has 2 aromatic carbocycles. The van der Waals surface area contributed by atoms with E-state index in [-0.39, 0.29) is 5.91 Å². The fourth-order valence-corrected chi connectivity index (χ4v) is 2.51. The van der Waals surface area contributed by atoms with E-state index < -0.39 is 0 Å². The van der Waals surface area contributed by atoms with Crippen LogP contribution in [0.15, 0.2) is 42.5 Å². The summed E-state index contributed by atoms with van der Waals surface area (Å²) in [5, 5.41) is 2.98. The molecule has 0 unspecified atom stereocenters. The van der Waals surface area contributed by atoms with Gasteiger partial charge in [0.2, 0.25) is 5.91 Å². The molecular formula is C19H23NO2. The molecule has 0 aliphatic rings. The minimum atomic E-state index is 0.0254. The molecule has 0 aromatic heterocycles. The molecule has 1 amide bonds. The molecule has 3 heteroatoms. The fraction of sp³-hybridized carbons (Fsp3) is 0.316. The third kappa shape index (κ3) is 4.35. The molecular weight excluding hydrogens is 274 g/mol.